The van der Waals surface area contributed by atoms with Gasteiger partial charge in [0.15, 0.2) is 22.8 Å². The zero-order valence-corrected chi connectivity index (χ0v) is 81.9. The highest BCUT2D eigenvalue weighted by molar-refractivity contribution is 6.15. The first-order valence-electron chi connectivity index (χ1n) is 46.9. The van der Waals surface area contributed by atoms with E-state index in [2.05, 4.69) is 181 Å². The van der Waals surface area contributed by atoms with Gasteiger partial charge < -0.3 is 91.8 Å². The lowest BCUT2D eigenvalue weighted by molar-refractivity contribution is 0.101. The van der Waals surface area contributed by atoms with Crippen molar-refractivity contribution >= 4 is 136 Å². The second-order valence-corrected chi connectivity index (χ2v) is 35.9. The predicted molar refractivity (Wildman–Crippen MR) is 563 cm³/mol. The van der Waals surface area contributed by atoms with Crippen molar-refractivity contribution in [1.82, 2.24) is 110 Å². The Hall–Kier alpha value is -16.3. The van der Waals surface area contributed by atoms with Gasteiger partial charge in [-0.25, -0.2) is 24.7 Å². The Morgan fingerprint density at radius 3 is 0.944 bits per heavy atom. The zero-order valence-electron chi connectivity index (χ0n) is 81.9. The molecule has 13 N–H and O–H groups in total. The van der Waals surface area contributed by atoms with Crippen molar-refractivity contribution in [3.8, 4) is 44.5 Å². The summed E-state index contributed by atoms with van der Waals surface area (Å²) in [5.41, 5.74) is 18.3. The number of carbonyl (C=O) groups excluding carboxylic acids is 5. The fourth-order valence-electron chi connectivity index (χ4n) is 15.6. The van der Waals surface area contributed by atoms with Crippen molar-refractivity contribution < 1.29 is 28.7 Å². The molecule has 0 unspecified atom stereocenters. The maximum atomic E-state index is 13.1. The Morgan fingerprint density at radius 1 is 0.310 bits per heavy atom. The molecule has 39 nitrogen and oxygen atoms in total. The maximum Gasteiger partial charge on any atom is 0.321 e. The number of morpholine rings is 1. The number of amides is 6. The van der Waals surface area contributed by atoms with E-state index in [0.29, 0.717) is 50.9 Å². The summed E-state index contributed by atoms with van der Waals surface area (Å²) in [6.45, 7) is 12.8. The van der Waals surface area contributed by atoms with Crippen molar-refractivity contribution in [2.75, 3.05) is 234 Å². The van der Waals surface area contributed by atoms with Gasteiger partial charge in [0, 0.05) is 174 Å². The molecule has 0 radical (unpaired) electrons. The van der Waals surface area contributed by atoms with Crippen LogP contribution in [0.4, 0.5) is 67.9 Å². The van der Waals surface area contributed by atoms with Crippen LogP contribution in [0.1, 0.15) is 66.8 Å². The lowest BCUT2D eigenvalue weighted by atomic mass is 10.0. The summed E-state index contributed by atoms with van der Waals surface area (Å²) in [5.74, 6) is 1.81. The van der Waals surface area contributed by atoms with E-state index in [1.165, 1.54) is 24.2 Å². The first-order valence-corrected chi connectivity index (χ1v) is 46.9. The van der Waals surface area contributed by atoms with Gasteiger partial charge >= 0.3 is 6.03 Å². The molecule has 6 amide bonds. The number of nitrogens with zero attached hydrogens (tertiary/aromatic N) is 20. The number of carbonyl (C=O) groups is 5. The number of benzene rings is 4. The highest BCUT2D eigenvalue weighted by atomic mass is 16.5. The average molecular weight is 1920 g/mol. The van der Waals surface area contributed by atoms with E-state index in [9.17, 15) is 24.0 Å². The van der Waals surface area contributed by atoms with E-state index in [0.717, 1.165) is 221 Å². The molecule has 14 heterocycles. The van der Waals surface area contributed by atoms with Crippen LogP contribution in [-0.4, -0.2) is 316 Å². The number of hydrogen-bond donors (Lipinski definition) is 13. The van der Waals surface area contributed by atoms with Gasteiger partial charge in [-0.3, -0.25) is 59.5 Å². The van der Waals surface area contributed by atoms with E-state index in [1.807, 2.05) is 229 Å². The summed E-state index contributed by atoms with van der Waals surface area (Å²) in [7, 11) is 23.6. The molecule has 18 rings (SSSR count). The largest absolute Gasteiger partial charge is 0.378 e. The number of urea groups is 1. The minimum absolute atomic E-state index is 0.245. The molecule has 4 aromatic carbocycles. The average Bonchev–Trinajstić information content (AvgIpc) is 1.53. The van der Waals surface area contributed by atoms with Crippen molar-refractivity contribution in [2.24, 2.45) is 0 Å². The summed E-state index contributed by atoms with van der Waals surface area (Å²) in [5, 5.41) is 59.1. The molecule has 0 atom stereocenters. The second kappa shape index (κ2) is 48.3. The number of aromatic nitrogens is 16. The lowest BCUT2D eigenvalue weighted by Gasteiger charge is -2.28. The first-order chi connectivity index (χ1) is 68.8. The molecule has 2 aliphatic rings. The van der Waals surface area contributed by atoms with Crippen LogP contribution in [-0.2, 0) is 11.3 Å². The second-order valence-electron chi connectivity index (χ2n) is 35.9. The molecule has 2 fully saturated rings. The van der Waals surface area contributed by atoms with Crippen LogP contribution in [0.5, 0.6) is 0 Å². The molecule has 39 heteroatoms. The Balaban J connectivity index is 0.000000143. The monoisotopic (exact) mass is 1920 g/mol. The fraction of sp³-hybridized carbons (Fsp3) is 0.291. The van der Waals surface area contributed by atoms with Crippen LogP contribution in [0.25, 0.3) is 88.1 Å². The topological polar surface area (TPSA) is 447 Å². The van der Waals surface area contributed by atoms with E-state index >= 15 is 0 Å². The lowest BCUT2D eigenvalue weighted by Crippen LogP contribution is -2.36. The number of rotatable bonds is 33. The molecule has 0 bridgehead atoms. The minimum atomic E-state index is -0.348. The third-order valence-corrected chi connectivity index (χ3v) is 23.2. The van der Waals surface area contributed by atoms with Crippen molar-refractivity contribution in [1.29, 1.82) is 0 Å². The highest BCUT2D eigenvalue weighted by Crippen LogP contribution is 2.35. The maximum absolute atomic E-state index is 13.1. The number of pyridine rings is 8. The molecule has 734 valence electrons. The quantitative estimate of drug-likeness (QED) is 0.0182. The number of ether oxygens (including phenoxy) is 1. The fourth-order valence-corrected chi connectivity index (χ4v) is 15.6. The van der Waals surface area contributed by atoms with Crippen LogP contribution >= 0.6 is 0 Å². The van der Waals surface area contributed by atoms with E-state index in [1.54, 1.807) is 57.3 Å². The Morgan fingerprint density at radius 2 is 0.627 bits per heavy atom. The summed E-state index contributed by atoms with van der Waals surface area (Å²) >= 11 is 0. The van der Waals surface area contributed by atoms with Gasteiger partial charge in [0.1, 0.15) is 23.3 Å². The number of fused-ring (bicyclic) bond motifs is 4. The number of anilines is 11. The van der Waals surface area contributed by atoms with Gasteiger partial charge in [-0.2, -0.15) is 20.4 Å². The molecule has 2 saturated heterocycles. The van der Waals surface area contributed by atoms with Crippen LogP contribution in [0.15, 0.2) is 220 Å². The number of piperidine rings is 1. The molecule has 16 aromatic rings. The van der Waals surface area contributed by atoms with Crippen molar-refractivity contribution in [3.63, 3.8) is 0 Å². The standard InChI is InChI=1S/C27H32N8O.C26H30N8O2.C25H29N9O2.C25H30N8O/c1-34(2)13-10-29-25-9-7-21(17-30-25)31-27(36)26-23-15-19(6-8-24(23)32-33-26)20-14-22(18-28-16-20)35-11-4-3-5-12-35;1-33(2)8-7-28-24-6-4-20(16-29-24)30-26(35)25-22-14-18(3-5-23(22)31-32-25)19-13-21(17-27-15-19)34-9-11-36-12-10-34;1-33(2)10-9-27-22-8-6-18(15-28-22)29-24(35)23-20-12-16(5-7-21(20)31-32-23)17-11-19(14-26-13-17)30-25(36)34(3)4;1-32(2)10-9-27-23-8-6-20(15-28-23)29-25(34)24-21-12-18(5-7-22(21)30-31-24)19-11-17(13-26-14-19)16-33(3)4/h6-9,14-18H,3-5,10-13H2,1-2H3,(H,29,30)(H,31,36)(H,32,33);3-6,13-17H,7-12H2,1-2H3,(H,28,29)(H,30,35)(H,31,32);5-8,11-15H,9-10H2,1-4H3,(H,27,28)(H,29,35)(H,30,36)(H,31,32);5-8,11-15H,9-10,16H2,1-4H3,(H,27,28)(H,29,34)(H,30,31). The summed E-state index contributed by atoms with van der Waals surface area (Å²) in [6, 6.07) is 46.1. The van der Waals surface area contributed by atoms with Crippen LogP contribution in [0, 0.1) is 0 Å². The number of H-pyrrole nitrogens is 4. The molecular weight excluding hydrogens is 1800 g/mol. The van der Waals surface area contributed by atoms with E-state index in [-0.39, 0.29) is 35.4 Å². The van der Waals surface area contributed by atoms with Gasteiger partial charge in [-0.05, 0) is 239 Å². The molecule has 2 aliphatic heterocycles. The predicted octanol–water partition coefficient (Wildman–Crippen LogP) is 14.0. The summed E-state index contributed by atoms with van der Waals surface area (Å²) in [6.07, 6.45) is 24.8. The Labute approximate surface area is 823 Å². The van der Waals surface area contributed by atoms with Gasteiger partial charge in [0.2, 0.25) is 0 Å². The molecular formula is C103H121N33O6. The zero-order chi connectivity index (χ0) is 99.5. The molecule has 0 aliphatic carbocycles. The highest BCUT2D eigenvalue weighted by Gasteiger charge is 2.24. The number of aromatic amines is 4. The third-order valence-electron chi connectivity index (χ3n) is 23.2. The van der Waals surface area contributed by atoms with Crippen molar-refractivity contribution in [3.05, 3.63) is 248 Å². The molecule has 0 saturated carbocycles. The van der Waals surface area contributed by atoms with E-state index in [4.69, 9.17) is 4.74 Å². The molecule has 12 aromatic heterocycles. The van der Waals surface area contributed by atoms with Crippen LogP contribution in [0.3, 0.4) is 0 Å². The van der Waals surface area contributed by atoms with Gasteiger partial charge in [0.25, 0.3) is 23.6 Å². The van der Waals surface area contributed by atoms with Gasteiger partial charge in [0.05, 0.1) is 118 Å². The Bertz CT molecular complexity index is 6720. The van der Waals surface area contributed by atoms with Crippen LogP contribution < -0.4 is 57.7 Å². The normalized spacial score (nSPS) is 12.5. The summed E-state index contributed by atoms with van der Waals surface area (Å²) < 4.78 is 5.46. The van der Waals surface area contributed by atoms with E-state index < -0.39 is 0 Å². The van der Waals surface area contributed by atoms with Crippen molar-refractivity contribution in [2.45, 2.75) is 25.8 Å². The first kappa shape index (κ1) is 100. The number of nitrogens with one attached hydrogen (secondary N) is 13. The van der Waals surface area contributed by atoms with Crippen LogP contribution in [0.2, 0.25) is 0 Å². The van der Waals surface area contributed by atoms with Gasteiger partial charge in [-0.1, -0.05) is 24.3 Å². The molecule has 0 spiro atoms. The SMILES string of the molecule is CN(C)CCNc1ccc(NC(=O)c2n[nH]c3ccc(-c4cncc(CN(C)C)c4)cc23)cn1.CN(C)CCNc1ccc(NC(=O)c2n[nH]c3ccc(-c4cncc(N5CCCCC5)c4)cc23)cn1.CN(C)CCNc1ccc(NC(=O)c2n[nH]c3ccc(-c4cncc(N5CCOCC5)c4)cc23)cn1.CN(C)CCNc1ccc(NC(=O)c2n[nH]c3ccc(-c4cncc(NC(=O)N(C)C)c4)cc23)cn1. The number of hydrogen-bond acceptors (Lipinski definition) is 29. The number of likely N-dealkylation sites (N-methyl/N-ethyl adjacent to an activating group) is 4. The minimum Gasteiger partial charge on any atom is -0.378 e. The molecule has 142 heavy (non-hydrogen) atoms. The summed E-state index contributed by atoms with van der Waals surface area (Å²) in [4.78, 5) is 116. The van der Waals surface area contributed by atoms with Gasteiger partial charge in [-0.15, -0.1) is 0 Å². The third kappa shape index (κ3) is 27.6. The Kier molecular flexibility index (Phi) is 34.1. The smallest absolute Gasteiger partial charge is 0.321 e.